The zero-order chi connectivity index (χ0) is 29.5. The smallest absolute Gasteiger partial charge is 0.328 e. The molecule has 0 aliphatic carbocycles. The van der Waals surface area contributed by atoms with Gasteiger partial charge in [-0.3, -0.25) is 9.80 Å². The van der Waals surface area contributed by atoms with Crippen molar-refractivity contribution >= 4 is 23.9 Å². The largest absolute Gasteiger partial charge is 0.478 e. The molecule has 4 N–H and O–H groups in total. The van der Waals surface area contributed by atoms with Gasteiger partial charge in [-0.2, -0.15) is 0 Å². The monoisotopic (exact) mass is 552 g/mol. The molecule has 0 unspecified atom stereocenters. The molecule has 214 valence electrons. The quantitative estimate of drug-likeness (QED) is 0.357. The van der Waals surface area contributed by atoms with Gasteiger partial charge < -0.3 is 20.4 Å². The number of benzene rings is 2. The second-order valence-corrected chi connectivity index (χ2v) is 9.67. The Morgan fingerprint density at radius 2 is 1.20 bits per heavy atom. The van der Waals surface area contributed by atoms with Crippen LogP contribution in [0.2, 0.25) is 0 Å². The fourth-order valence-electron chi connectivity index (χ4n) is 4.58. The van der Waals surface area contributed by atoms with E-state index in [-0.39, 0.29) is 0 Å². The SMILES string of the molecule is Cc1cccc(CN2CCC(CN3Cc4ccccc4C3)CC2)c1.O=C(O)/C=C/C(=O)O.O=C(O)/C=C/C(=O)O. The molecule has 2 aromatic rings. The topological polar surface area (TPSA) is 156 Å². The van der Waals surface area contributed by atoms with Gasteiger partial charge in [-0.15, -0.1) is 0 Å². The molecule has 0 bridgehead atoms. The van der Waals surface area contributed by atoms with Crippen molar-refractivity contribution in [2.24, 2.45) is 5.92 Å². The standard InChI is InChI=1S/C22H28N2.2C4H4O4/c1-18-5-4-6-20(13-18)15-23-11-9-19(10-12-23)14-24-16-21-7-2-3-8-22(21)17-24;2*5-3(6)1-2-4(7)8/h2-8,13,19H,9-12,14-17H2,1H3;2*1-2H,(H,5,6)(H,7,8)/b;2*2-1+. The molecule has 40 heavy (non-hydrogen) atoms. The van der Waals surface area contributed by atoms with E-state index in [9.17, 15) is 19.2 Å². The first kappa shape index (κ1) is 31.9. The summed E-state index contributed by atoms with van der Waals surface area (Å²) in [6.45, 7) is 9.37. The van der Waals surface area contributed by atoms with Crippen molar-refractivity contribution in [3.63, 3.8) is 0 Å². The van der Waals surface area contributed by atoms with Gasteiger partial charge in [0.2, 0.25) is 0 Å². The summed E-state index contributed by atoms with van der Waals surface area (Å²) < 4.78 is 0. The predicted molar refractivity (Wildman–Crippen MR) is 149 cm³/mol. The van der Waals surface area contributed by atoms with Crippen molar-refractivity contribution in [3.05, 3.63) is 95.1 Å². The number of fused-ring (bicyclic) bond motifs is 1. The molecule has 0 aromatic heterocycles. The lowest BCUT2D eigenvalue weighted by molar-refractivity contribution is -0.134. The normalized spacial score (nSPS) is 15.5. The van der Waals surface area contributed by atoms with E-state index in [2.05, 4.69) is 65.3 Å². The zero-order valence-corrected chi connectivity index (χ0v) is 22.5. The van der Waals surface area contributed by atoms with Crippen LogP contribution in [-0.4, -0.2) is 73.7 Å². The lowest BCUT2D eigenvalue weighted by atomic mass is 9.96. The number of likely N-dealkylation sites (tertiary alicyclic amines) is 1. The highest BCUT2D eigenvalue weighted by Crippen LogP contribution is 2.26. The van der Waals surface area contributed by atoms with E-state index in [1.807, 2.05) is 0 Å². The van der Waals surface area contributed by atoms with Crippen molar-refractivity contribution in [2.45, 2.75) is 39.4 Å². The molecule has 2 aliphatic heterocycles. The van der Waals surface area contributed by atoms with Crippen LogP contribution in [0.3, 0.4) is 0 Å². The van der Waals surface area contributed by atoms with Crippen LogP contribution in [0.25, 0.3) is 0 Å². The Morgan fingerprint density at radius 1 is 0.725 bits per heavy atom. The van der Waals surface area contributed by atoms with Crippen LogP contribution in [0.5, 0.6) is 0 Å². The van der Waals surface area contributed by atoms with E-state index in [0.717, 1.165) is 25.6 Å². The lowest BCUT2D eigenvalue weighted by Crippen LogP contribution is -2.37. The first-order valence-corrected chi connectivity index (χ1v) is 12.9. The summed E-state index contributed by atoms with van der Waals surface area (Å²) in [6, 6.07) is 17.9. The van der Waals surface area contributed by atoms with Crippen molar-refractivity contribution in [3.8, 4) is 0 Å². The third-order valence-electron chi connectivity index (χ3n) is 6.36. The maximum atomic E-state index is 9.55. The molecule has 2 heterocycles. The molecule has 2 aromatic carbocycles. The van der Waals surface area contributed by atoms with Crippen LogP contribution in [0.15, 0.2) is 72.8 Å². The summed E-state index contributed by atoms with van der Waals surface area (Å²) >= 11 is 0. The Balaban J connectivity index is 0.000000290. The number of carboxylic acid groups (broad SMARTS) is 4. The molecule has 0 atom stereocenters. The van der Waals surface area contributed by atoms with E-state index >= 15 is 0 Å². The number of nitrogens with zero attached hydrogens (tertiary/aromatic N) is 2. The zero-order valence-electron chi connectivity index (χ0n) is 22.5. The number of carboxylic acids is 4. The highest BCUT2D eigenvalue weighted by Gasteiger charge is 2.24. The van der Waals surface area contributed by atoms with E-state index < -0.39 is 23.9 Å². The minimum atomic E-state index is -1.26. The van der Waals surface area contributed by atoms with Gasteiger partial charge in [-0.1, -0.05) is 54.1 Å². The molecule has 1 fully saturated rings. The summed E-state index contributed by atoms with van der Waals surface area (Å²) in [6.07, 6.45) is 4.92. The maximum Gasteiger partial charge on any atom is 0.328 e. The average Bonchev–Trinajstić information content (AvgIpc) is 3.31. The van der Waals surface area contributed by atoms with Gasteiger partial charge in [-0.25, -0.2) is 19.2 Å². The number of aliphatic carboxylic acids is 4. The number of hydrogen-bond acceptors (Lipinski definition) is 6. The second-order valence-electron chi connectivity index (χ2n) is 9.67. The Kier molecular flexibility index (Phi) is 13.3. The van der Waals surface area contributed by atoms with Gasteiger partial charge in [0.25, 0.3) is 0 Å². The molecule has 0 spiro atoms. The number of piperidine rings is 1. The molecule has 1 saturated heterocycles. The molecule has 2 aliphatic rings. The van der Waals surface area contributed by atoms with E-state index in [4.69, 9.17) is 20.4 Å². The second kappa shape index (κ2) is 16.6. The molecule has 0 saturated carbocycles. The third kappa shape index (κ3) is 13.0. The highest BCUT2D eigenvalue weighted by atomic mass is 16.4. The van der Waals surface area contributed by atoms with Crippen LogP contribution in [0.1, 0.15) is 35.1 Å². The Morgan fingerprint density at radius 3 is 1.62 bits per heavy atom. The molecule has 0 amide bonds. The maximum absolute atomic E-state index is 9.55. The van der Waals surface area contributed by atoms with Gasteiger partial charge in [-0.05, 0) is 55.5 Å². The number of rotatable bonds is 8. The summed E-state index contributed by atoms with van der Waals surface area (Å²) in [4.78, 5) is 43.5. The molecule has 0 radical (unpaired) electrons. The fourth-order valence-corrected chi connectivity index (χ4v) is 4.58. The molecular formula is C30H36N2O8. The van der Waals surface area contributed by atoms with Crippen LogP contribution in [-0.2, 0) is 38.8 Å². The van der Waals surface area contributed by atoms with Crippen molar-refractivity contribution in [1.82, 2.24) is 9.80 Å². The van der Waals surface area contributed by atoms with Crippen molar-refractivity contribution < 1.29 is 39.6 Å². The number of aryl methyl sites for hydroxylation is 1. The fraction of sp³-hybridized carbons (Fsp3) is 0.333. The van der Waals surface area contributed by atoms with Gasteiger partial charge in [0.1, 0.15) is 0 Å². The highest BCUT2D eigenvalue weighted by molar-refractivity contribution is 5.90. The first-order valence-electron chi connectivity index (χ1n) is 12.9. The number of carbonyl (C=O) groups is 4. The Labute approximate surface area is 233 Å². The van der Waals surface area contributed by atoms with E-state index in [0.29, 0.717) is 24.3 Å². The van der Waals surface area contributed by atoms with E-state index in [1.165, 1.54) is 54.7 Å². The molecular weight excluding hydrogens is 516 g/mol. The lowest BCUT2D eigenvalue weighted by Gasteiger charge is -2.34. The summed E-state index contributed by atoms with van der Waals surface area (Å²) in [5.74, 6) is -4.16. The molecule has 10 nitrogen and oxygen atoms in total. The van der Waals surface area contributed by atoms with Crippen LogP contribution in [0, 0.1) is 12.8 Å². The van der Waals surface area contributed by atoms with Crippen molar-refractivity contribution in [2.75, 3.05) is 19.6 Å². The van der Waals surface area contributed by atoms with Gasteiger partial charge in [0, 0.05) is 50.5 Å². The Bertz CT molecular complexity index is 1120. The molecule has 10 heteroatoms. The van der Waals surface area contributed by atoms with Gasteiger partial charge >= 0.3 is 23.9 Å². The average molecular weight is 553 g/mol. The summed E-state index contributed by atoms with van der Waals surface area (Å²) in [5.41, 5.74) is 5.91. The number of hydrogen-bond donors (Lipinski definition) is 4. The Hall–Kier alpha value is -4.28. The van der Waals surface area contributed by atoms with Crippen LogP contribution >= 0.6 is 0 Å². The molecule has 4 rings (SSSR count). The minimum Gasteiger partial charge on any atom is -0.478 e. The minimum absolute atomic E-state index is 0.558. The first-order chi connectivity index (χ1) is 19.0. The summed E-state index contributed by atoms with van der Waals surface area (Å²) in [5, 5.41) is 31.2. The van der Waals surface area contributed by atoms with Crippen LogP contribution < -0.4 is 0 Å². The predicted octanol–water partition coefficient (Wildman–Crippen LogP) is 3.65. The van der Waals surface area contributed by atoms with Gasteiger partial charge in [0.15, 0.2) is 0 Å². The third-order valence-corrected chi connectivity index (χ3v) is 6.36. The van der Waals surface area contributed by atoms with E-state index in [1.54, 1.807) is 0 Å². The summed E-state index contributed by atoms with van der Waals surface area (Å²) in [7, 11) is 0. The van der Waals surface area contributed by atoms with Crippen molar-refractivity contribution in [1.29, 1.82) is 0 Å². The van der Waals surface area contributed by atoms with Gasteiger partial charge in [0.05, 0.1) is 0 Å². The van der Waals surface area contributed by atoms with Crippen LogP contribution in [0.4, 0.5) is 0 Å².